The Hall–Kier alpha value is -2.41. The van der Waals surface area contributed by atoms with Gasteiger partial charge < -0.3 is 21.1 Å². The second-order valence-electron chi connectivity index (χ2n) is 5.20. The molecule has 2 atom stereocenters. The standard InChI is InChI=1S/C15H19N3O4/c1-9(19)10-2-4-11(5-3-10)18-15(21)17-8-12-6-7-13(22-12)14(16)20/h2-5,12-13H,6-8H2,1H3,(H2,16,20)(H2,17,18,21)/t12-,13+/m0/s1. The quantitative estimate of drug-likeness (QED) is 0.706. The molecule has 0 unspecified atom stereocenters. The van der Waals surface area contributed by atoms with Crippen molar-refractivity contribution in [3.05, 3.63) is 29.8 Å². The van der Waals surface area contributed by atoms with Crippen LogP contribution in [0.1, 0.15) is 30.1 Å². The number of carbonyl (C=O) groups is 3. The normalized spacial score (nSPS) is 20.4. The number of nitrogens with two attached hydrogens (primary N) is 1. The van der Waals surface area contributed by atoms with Gasteiger partial charge in [-0.25, -0.2) is 4.79 Å². The molecule has 0 aromatic heterocycles. The molecular formula is C15H19N3O4. The second kappa shape index (κ2) is 7.04. The number of primary amides is 1. The molecule has 0 radical (unpaired) electrons. The highest BCUT2D eigenvalue weighted by atomic mass is 16.5. The van der Waals surface area contributed by atoms with E-state index in [1.807, 2.05) is 0 Å². The van der Waals surface area contributed by atoms with Crippen molar-refractivity contribution in [1.29, 1.82) is 0 Å². The van der Waals surface area contributed by atoms with Crippen LogP contribution >= 0.6 is 0 Å². The summed E-state index contributed by atoms with van der Waals surface area (Å²) < 4.78 is 5.41. The van der Waals surface area contributed by atoms with E-state index in [-0.39, 0.29) is 17.9 Å². The average Bonchev–Trinajstić information content (AvgIpc) is 2.95. The number of amides is 3. The predicted molar refractivity (Wildman–Crippen MR) is 80.6 cm³/mol. The van der Waals surface area contributed by atoms with Crippen LogP contribution in [0, 0.1) is 0 Å². The van der Waals surface area contributed by atoms with Gasteiger partial charge in [0.05, 0.1) is 6.10 Å². The zero-order valence-electron chi connectivity index (χ0n) is 12.3. The van der Waals surface area contributed by atoms with Crippen molar-refractivity contribution in [2.45, 2.75) is 32.0 Å². The molecule has 4 N–H and O–H groups in total. The fourth-order valence-electron chi connectivity index (χ4n) is 2.24. The third-order valence-corrected chi connectivity index (χ3v) is 3.46. The summed E-state index contributed by atoms with van der Waals surface area (Å²) in [6, 6.07) is 6.24. The maximum atomic E-state index is 11.8. The number of carbonyl (C=O) groups excluding carboxylic acids is 3. The molecule has 0 bridgehead atoms. The highest BCUT2D eigenvalue weighted by Crippen LogP contribution is 2.18. The molecule has 1 aliphatic heterocycles. The zero-order chi connectivity index (χ0) is 16.1. The number of nitrogens with one attached hydrogen (secondary N) is 2. The molecule has 1 heterocycles. The second-order valence-corrected chi connectivity index (χ2v) is 5.20. The Morgan fingerprint density at radius 2 is 1.91 bits per heavy atom. The van der Waals surface area contributed by atoms with E-state index >= 15 is 0 Å². The number of hydrogen-bond acceptors (Lipinski definition) is 4. The third kappa shape index (κ3) is 4.29. The molecule has 22 heavy (non-hydrogen) atoms. The fraction of sp³-hybridized carbons (Fsp3) is 0.400. The van der Waals surface area contributed by atoms with Crippen LogP contribution in [-0.4, -0.2) is 36.5 Å². The number of ketones is 1. The number of rotatable bonds is 5. The summed E-state index contributed by atoms with van der Waals surface area (Å²) in [7, 11) is 0. The van der Waals surface area contributed by atoms with Crippen LogP contribution in [-0.2, 0) is 9.53 Å². The predicted octanol–water partition coefficient (Wildman–Crippen LogP) is 1.04. The van der Waals surface area contributed by atoms with Gasteiger partial charge in [0, 0.05) is 17.8 Å². The minimum atomic E-state index is -0.561. The summed E-state index contributed by atoms with van der Waals surface area (Å²) in [6.45, 7) is 1.79. The number of urea groups is 1. The third-order valence-electron chi connectivity index (χ3n) is 3.46. The van der Waals surface area contributed by atoms with Crippen LogP contribution in [0.5, 0.6) is 0 Å². The highest BCUT2D eigenvalue weighted by molar-refractivity contribution is 5.95. The topological polar surface area (TPSA) is 111 Å². The lowest BCUT2D eigenvalue weighted by atomic mass is 10.1. The molecule has 0 saturated carbocycles. The van der Waals surface area contributed by atoms with Crippen molar-refractivity contribution in [1.82, 2.24) is 5.32 Å². The maximum Gasteiger partial charge on any atom is 0.319 e. The average molecular weight is 305 g/mol. The first-order chi connectivity index (χ1) is 10.5. The summed E-state index contributed by atoms with van der Waals surface area (Å²) in [4.78, 5) is 33.9. The van der Waals surface area contributed by atoms with Crippen molar-refractivity contribution < 1.29 is 19.1 Å². The summed E-state index contributed by atoms with van der Waals surface area (Å²) in [5.41, 5.74) is 6.34. The molecule has 3 amide bonds. The van der Waals surface area contributed by atoms with Gasteiger partial charge in [0.2, 0.25) is 5.91 Å². The number of benzene rings is 1. The molecular weight excluding hydrogens is 286 g/mol. The van der Waals surface area contributed by atoms with Crippen LogP contribution in [0.3, 0.4) is 0 Å². The Morgan fingerprint density at radius 1 is 1.23 bits per heavy atom. The van der Waals surface area contributed by atoms with Crippen LogP contribution in [0.4, 0.5) is 10.5 Å². The molecule has 118 valence electrons. The minimum Gasteiger partial charge on any atom is -0.367 e. The van der Waals surface area contributed by atoms with Gasteiger partial charge in [-0.05, 0) is 44.0 Å². The Labute approximate surface area is 128 Å². The van der Waals surface area contributed by atoms with Crippen LogP contribution in [0.15, 0.2) is 24.3 Å². The summed E-state index contributed by atoms with van der Waals surface area (Å²) >= 11 is 0. The van der Waals surface area contributed by atoms with Crippen molar-refractivity contribution in [2.75, 3.05) is 11.9 Å². The fourth-order valence-corrected chi connectivity index (χ4v) is 2.24. The molecule has 1 fully saturated rings. The minimum absolute atomic E-state index is 0.0293. The Kier molecular flexibility index (Phi) is 5.11. The lowest BCUT2D eigenvalue weighted by molar-refractivity contribution is -0.128. The van der Waals surface area contributed by atoms with E-state index in [2.05, 4.69) is 10.6 Å². The Balaban J connectivity index is 1.76. The van der Waals surface area contributed by atoms with E-state index in [9.17, 15) is 14.4 Å². The van der Waals surface area contributed by atoms with Gasteiger partial charge in [0.1, 0.15) is 6.10 Å². The van der Waals surface area contributed by atoms with E-state index in [1.54, 1.807) is 24.3 Å². The van der Waals surface area contributed by atoms with E-state index in [1.165, 1.54) is 6.92 Å². The van der Waals surface area contributed by atoms with Gasteiger partial charge in [-0.2, -0.15) is 0 Å². The van der Waals surface area contributed by atoms with Gasteiger partial charge in [-0.1, -0.05) is 0 Å². The number of anilines is 1. The highest BCUT2D eigenvalue weighted by Gasteiger charge is 2.29. The number of hydrogen-bond donors (Lipinski definition) is 3. The molecule has 0 spiro atoms. The first-order valence-electron chi connectivity index (χ1n) is 7.06. The molecule has 2 rings (SSSR count). The van der Waals surface area contributed by atoms with Crippen LogP contribution in [0.2, 0.25) is 0 Å². The number of ether oxygens (including phenoxy) is 1. The summed E-state index contributed by atoms with van der Waals surface area (Å²) in [5.74, 6) is -0.504. The van der Waals surface area contributed by atoms with Crippen molar-refractivity contribution in [2.24, 2.45) is 5.73 Å². The van der Waals surface area contributed by atoms with Crippen LogP contribution < -0.4 is 16.4 Å². The Morgan fingerprint density at radius 3 is 2.45 bits per heavy atom. The van der Waals surface area contributed by atoms with Gasteiger partial charge >= 0.3 is 6.03 Å². The number of Topliss-reactive ketones (excluding diaryl/α,β-unsaturated/α-hetero) is 1. The van der Waals surface area contributed by atoms with E-state index in [4.69, 9.17) is 10.5 Å². The van der Waals surface area contributed by atoms with E-state index in [0.717, 1.165) is 0 Å². The molecule has 1 aliphatic rings. The first kappa shape index (κ1) is 16.0. The summed E-state index contributed by atoms with van der Waals surface area (Å²) in [6.07, 6.45) is 0.495. The van der Waals surface area contributed by atoms with Crippen molar-refractivity contribution in [3.8, 4) is 0 Å². The van der Waals surface area contributed by atoms with Crippen molar-refractivity contribution >= 4 is 23.4 Å². The Bertz CT molecular complexity index is 571. The van der Waals surface area contributed by atoms with Gasteiger partial charge in [-0.15, -0.1) is 0 Å². The molecule has 0 aliphatic carbocycles. The van der Waals surface area contributed by atoms with E-state index < -0.39 is 12.0 Å². The first-order valence-corrected chi connectivity index (χ1v) is 7.06. The lowest BCUT2D eigenvalue weighted by Crippen LogP contribution is -2.36. The van der Waals surface area contributed by atoms with Crippen molar-refractivity contribution in [3.63, 3.8) is 0 Å². The molecule has 1 saturated heterocycles. The molecule has 7 nitrogen and oxygen atoms in total. The maximum absolute atomic E-state index is 11.8. The lowest BCUT2D eigenvalue weighted by Gasteiger charge is -2.13. The van der Waals surface area contributed by atoms with Gasteiger partial charge in [0.15, 0.2) is 5.78 Å². The molecule has 1 aromatic carbocycles. The van der Waals surface area contributed by atoms with Crippen LogP contribution in [0.25, 0.3) is 0 Å². The van der Waals surface area contributed by atoms with Gasteiger partial charge in [-0.3, -0.25) is 9.59 Å². The van der Waals surface area contributed by atoms with Gasteiger partial charge in [0.25, 0.3) is 0 Å². The van der Waals surface area contributed by atoms with E-state index in [0.29, 0.717) is 30.6 Å². The smallest absolute Gasteiger partial charge is 0.319 e. The molecule has 1 aromatic rings. The summed E-state index contributed by atoms with van der Waals surface area (Å²) in [5, 5.41) is 5.33. The monoisotopic (exact) mass is 305 g/mol. The SMILES string of the molecule is CC(=O)c1ccc(NC(=O)NC[C@@H]2CC[C@H](C(N)=O)O2)cc1. The molecule has 7 heteroatoms. The largest absolute Gasteiger partial charge is 0.367 e. The zero-order valence-corrected chi connectivity index (χ0v) is 12.3.